The average Bonchev–Trinajstić information content (AvgIpc) is 2.39. The number of benzene rings is 2. The highest BCUT2D eigenvalue weighted by molar-refractivity contribution is 9.10. The summed E-state index contributed by atoms with van der Waals surface area (Å²) in [4.78, 5) is 4.26. The molecule has 2 rings (SSSR count). The van der Waals surface area contributed by atoms with Crippen LogP contribution in [0.25, 0.3) is 0 Å². The zero-order chi connectivity index (χ0) is 13.0. The van der Waals surface area contributed by atoms with E-state index >= 15 is 0 Å². The van der Waals surface area contributed by atoms with Crippen molar-refractivity contribution in [2.24, 2.45) is 4.99 Å². The Morgan fingerprint density at radius 1 is 0.833 bits per heavy atom. The first-order valence-corrected chi connectivity index (χ1v) is 7.28. The average molecular weight is 383 g/mol. The van der Waals surface area contributed by atoms with Gasteiger partial charge in [-0.1, -0.05) is 56.1 Å². The maximum Gasteiger partial charge on any atom is 0.110 e. The third-order valence-electron chi connectivity index (χ3n) is 2.55. The Bertz CT molecular complexity index is 526. The number of hydrogen-bond acceptors (Lipinski definition) is 2. The van der Waals surface area contributed by atoms with Crippen molar-refractivity contribution in [3.63, 3.8) is 0 Å². The normalized spacial score (nSPS) is 10.2. The Hall–Kier alpha value is -0.800. The standard InChI is InChI=1S/C14H9Br2NS/c15-12-5-1-10(2-6-12)14(17-9-18)11-3-7-13(16)8-4-11/h1-8,14H. The minimum Gasteiger partial charge on any atom is -0.219 e. The lowest BCUT2D eigenvalue weighted by atomic mass is 10.00. The van der Waals surface area contributed by atoms with Gasteiger partial charge < -0.3 is 0 Å². The van der Waals surface area contributed by atoms with Crippen LogP contribution in [0.15, 0.2) is 62.5 Å². The second kappa shape index (κ2) is 6.39. The van der Waals surface area contributed by atoms with Gasteiger partial charge in [0.25, 0.3) is 0 Å². The summed E-state index contributed by atoms with van der Waals surface area (Å²) in [5.41, 5.74) is 2.19. The summed E-state index contributed by atoms with van der Waals surface area (Å²) >= 11 is 11.6. The molecule has 0 bridgehead atoms. The topological polar surface area (TPSA) is 12.4 Å². The highest BCUT2D eigenvalue weighted by Crippen LogP contribution is 2.27. The van der Waals surface area contributed by atoms with Gasteiger partial charge in [0.2, 0.25) is 0 Å². The molecule has 0 fully saturated rings. The predicted molar refractivity (Wildman–Crippen MR) is 85.2 cm³/mol. The van der Waals surface area contributed by atoms with Crippen molar-refractivity contribution in [1.82, 2.24) is 0 Å². The second-order valence-electron chi connectivity index (χ2n) is 3.73. The minimum atomic E-state index is -0.0938. The van der Waals surface area contributed by atoms with E-state index in [1.807, 2.05) is 48.5 Å². The number of halogens is 2. The van der Waals surface area contributed by atoms with E-state index in [0.29, 0.717) is 0 Å². The fraction of sp³-hybridized carbons (Fsp3) is 0.0714. The summed E-state index contributed by atoms with van der Waals surface area (Å²) in [5.74, 6) is 0. The first kappa shape index (κ1) is 13.6. The van der Waals surface area contributed by atoms with Crippen LogP contribution < -0.4 is 0 Å². The van der Waals surface area contributed by atoms with Crippen LogP contribution in [0.2, 0.25) is 0 Å². The lowest BCUT2D eigenvalue weighted by molar-refractivity contribution is 0.880. The molecule has 0 aromatic heterocycles. The molecule has 0 aliphatic rings. The van der Waals surface area contributed by atoms with Crippen molar-refractivity contribution in [3.8, 4) is 0 Å². The molecule has 0 atom stereocenters. The van der Waals surface area contributed by atoms with E-state index in [1.54, 1.807) is 0 Å². The molecular weight excluding hydrogens is 374 g/mol. The number of aliphatic imine (C=N–C) groups is 1. The molecule has 0 spiro atoms. The van der Waals surface area contributed by atoms with Crippen molar-refractivity contribution in [2.45, 2.75) is 6.04 Å². The van der Waals surface area contributed by atoms with E-state index in [1.165, 1.54) is 0 Å². The van der Waals surface area contributed by atoms with Crippen LogP contribution in [0.5, 0.6) is 0 Å². The van der Waals surface area contributed by atoms with Gasteiger partial charge in [-0.2, -0.15) is 0 Å². The van der Waals surface area contributed by atoms with E-state index in [0.717, 1.165) is 20.1 Å². The zero-order valence-electron chi connectivity index (χ0n) is 9.31. The second-order valence-corrected chi connectivity index (χ2v) is 5.74. The molecule has 0 aliphatic heterocycles. The summed E-state index contributed by atoms with van der Waals surface area (Å²) in [6.45, 7) is 0. The van der Waals surface area contributed by atoms with E-state index in [9.17, 15) is 0 Å². The van der Waals surface area contributed by atoms with E-state index in [2.05, 4.69) is 42.0 Å². The van der Waals surface area contributed by atoms with E-state index in [-0.39, 0.29) is 6.04 Å². The van der Waals surface area contributed by atoms with Crippen LogP contribution in [0.4, 0.5) is 0 Å². The first-order chi connectivity index (χ1) is 8.70. The molecule has 0 N–H and O–H groups in total. The summed E-state index contributed by atoms with van der Waals surface area (Å²) < 4.78 is 2.10. The maximum atomic E-state index is 4.74. The van der Waals surface area contributed by atoms with Crippen molar-refractivity contribution in [3.05, 3.63) is 68.6 Å². The largest absolute Gasteiger partial charge is 0.219 e. The third-order valence-corrected chi connectivity index (χ3v) is 3.72. The molecule has 90 valence electrons. The van der Waals surface area contributed by atoms with Gasteiger partial charge in [-0.3, -0.25) is 0 Å². The molecule has 0 radical (unpaired) electrons. The van der Waals surface area contributed by atoms with Gasteiger partial charge in [0.05, 0.1) is 5.16 Å². The fourth-order valence-corrected chi connectivity index (χ4v) is 2.32. The molecule has 4 heteroatoms. The third kappa shape index (κ3) is 3.36. The summed E-state index contributed by atoms with van der Waals surface area (Å²) in [6.07, 6.45) is 0. The van der Waals surface area contributed by atoms with Gasteiger partial charge in [-0.05, 0) is 47.6 Å². The zero-order valence-corrected chi connectivity index (χ0v) is 13.3. The molecule has 1 nitrogen and oxygen atoms in total. The van der Waals surface area contributed by atoms with Crippen LogP contribution in [-0.2, 0) is 0 Å². The summed E-state index contributed by atoms with van der Waals surface area (Å²) in [7, 11) is 0. The van der Waals surface area contributed by atoms with Crippen LogP contribution in [0.3, 0.4) is 0 Å². The number of rotatable bonds is 3. The number of thiocarbonyl (C=S) groups is 1. The smallest absolute Gasteiger partial charge is 0.110 e. The van der Waals surface area contributed by atoms with Crippen molar-refractivity contribution in [2.75, 3.05) is 0 Å². The number of nitrogens with zero attached hydrogens (tertiary/aromatic N) is 1. The molecule has 0 aliphatic carbocycles. The lowest BCUT2D eigenvalue weighted by Gasteiger charge is -2.12. The maximum absolute atomic E-state index is 4.74. The Balaban J connectivity index is 2.42. The summed E-state index contributed by atoms with van der Waals surface area (Å²) in [5, 5.41) is 2.48. The van der Waals surface area contributed by atoms with Crippen LogP contribution >= 0.6 is 44.1 Å². The Kier molecular flexibility index (Phi) is 4.84. The van der Waals surface area contributed by atoms with Crippen molar-refractivity contribution in [1.29, 1.82) is 0 Å². The Morgan fingerprint density at radius 3 is 1.56 bits per heavy atom. The lowest BCUT2D eigenvalue weighted by Crippen LogP contribution is -1.97. The highest BCUT2D eigenvalue weighted by atomic mass is 79.9. The highest BCUT2D eigenvalue weighted by Gasteiger charge is 2.12. The van der Waals surface area contributed by atoms with Gasteiger partial charge in [0.1, 0.15) is 6.04 Å². The van der Waals surface area contributed by atoms with Gasteiger partial charge in [0, 0.05) is 8.95 Å². The SMILES string of the molecule is S=C=NC(c1ccc(Br)cc1)c1ccc(Br)cc1. The van der Waals surface area contributed by atoms with E-state index < -0.39 is 0 Å². The molecule has 2 aromatic carbocycles. The molecule has 2 aromatic rings. The molecule has 18 heavy (non-hydrogen) atoms. The van der Waals surface area contributed by atoms with Crippen LogP contribution in [0, 0.1) is 0 Å². The Morgan fingerprint density at radius 2 is 1.22 bits per heavy atom. The van der Waals surface area contributed by atoms with Gasteiger partial charge in [-0.25, -0.2) is 4.99 Å². The molecule has 0 heterocycles. The molecule has 0 amide bonds. The summed E-state index contributed by atoms with van der Waals surface area (Å²) in [6, 6.07) is 16.0. The van der Waals surface area contributed by atoms with E-state index in [4.69, 9.17) is 12.2 Å². The van der Waals surface area contributed by atoms with Gasteiger partial charge >= 0.3 is 0 Å². The van der Waals surface area contributed by atoms with Crippen LogP contribution in [0.1, 0.15) is 17.2 Å². The fourth-order valence-electron chi connectivity index (χ4n) is 1.68. The minimum absolute atomic E-state index is 0.0938. The first-order valence-electron chi connectivity index (χ1n) is 5.28. The number of hydrogen-bond donors (Lipinski definition) is 0. The van der Waals surface area contributed by atoms with Crippen molar-refractivity contribution >= 4 is 49.2 Å². The molecular formula is C14H9Br2NS. The predicted octanol–water partition coefficient (Wildman–Crippen LogP) is 5.40. The molecule has 0 saturated carbocycles. The van der Waals surface area contributed by atoms with Gasteiger partial charge in [-0.15, -0.1) is 0 Å². The monoisotopic (exact) mass is 381 g/mol. The Labute approximate surface area is 128 Å². The quantitative estimate of drug-likeness (QED) is 0.511. The van der Waals surface area contributed by atoms with Crippen molar-refractivity contribution < 1.29 is 0 Å². The number of isothiocyanates is 1. The van der Waals surface area contributed by atoms with Gasteiger partial charge in [0.15, 0.2) is 0 Å². The molecule has 0 unspecified atom stereocenters. The van der Waals surface area contributed by atoms with Crippen LogP contribution in [-0.4, -0.2) is 5.16 Å². The molecule has 0 saturated heterocycles.